The number of methoxy groups -OCH3 is 1. The summed E-state index contributed by atoms with van der Waals surface area (Å²) in [5, 5.41) is 0. The van der Waals surface area contributed by atoms with Crippen LogP contribution in [0.15, 0.2) is 30.4 Å². The first-order chi connectivity index (χ1) is 14.1. The van der Waals surface area contributed by atoms with Gasteiger partial charge in [-0.25, -0.2) is 4.39 Å². The standard InChI is InChI=1S/C22H28FN3O3/c1-29-20-8-7-16(23)15-19(20)25-13-11-24(12-14-25)9-4-10-26-21(27)17-5-2-3-6-18(17)22(26)28/h2-3,7-8,15,17-18H,4-6,9-14H2,1H3. The lowest BCUT2D eigenvalue weighted by molar-refractivity contribution is -0.140. The molecule has 3 aliphatic rings. The third kappa shape index (κ3) is 4.01. The first kappa shape index (κ1) is 19.9. The molecule has 156 valence electrons. The van der Waals surface area contributed by atoms with Gasteiger partial charge in [-0.1, -0.05) is 12.2 Å². The second-order valence-corrected chi connectivity index (χ2v) is 7.98. The number of carbonyl (C=O) groups excluding carboxylic acids is 2. The minimum atomic E-state index is -0.265. The summed E-state index contributed by atoms with van der Waals surface area (Å²) in [6.07, 6.45) is 6.20. The van der Waals surface area contributed by atoms with Crippen molar-refractivity contribution in [3.05, 3.63) is 36.2 Å². The summed E-state index contributed by atoms with van der Waals surface area (Å²) in [6, 6.07) is 4.59. The third-order valence-electron chi connectivity index (χ3n) is 6.31. The first-order valence-corrected chi connectivity index (χ1v) is 10.4. The highest BCUT2D eigenvalue weighted by molar-refractivity contribution is 6.05. The van der Waals surface area contributed by atoms with Crippen molar-refractivity contribution in [3.63, 3.8) is 0 Å². The van der Waals surface area contributed by atoms with E-state index >= 15 is 0 Å². The summed E-state index contributed by atoms with van der Waals surface area (Å²) in [5.41, 5.74) is 0.789. The monoisotopic (exact) mass is 401 g/mol. The van der Waals surface area contributed by atoms with Crippen molar-refractivity contribution >= 4 is 17.5 Å². The molecule has 2 amide bonds. The first-order valence-electron chi connectivity index (χ1n) is 10.4. The summed E-state index contributed by atoms with van der Waals surface area (Å²) in [5.74, 6) is 0.148. The molecular formula is C22H28FN3O3. The van der Waals surface area contributed by atoms with Crippen LogP contribution in [0.5, 0.6) is 5.75 Å². The third-order valence-corrected chi connectivity index (χ3v) is 6.31. The number of imide groups is 1. The SMILES string of the molecule is COc1ccc(F)cc1N1CCN(CCCN2C(=O)C3CC=CCC3C2=O)CC1. The molecule has 0 radical (unpaired) electrons. The van der Waals surface area contributed by atoms with Crippen LogP contribution in [0.3, 0.4) is 0 Å². The van der Waals surface area contributed by atoms with Crippen LogP contribution in [0.1, 0.15) is 19.3 Å². The highest BCUT2D eigenvalue weighted by Gasteiger charge is 2.46. The number of anilines is 1. The van der Waals surface area contributed by atoms with Gasteiger partial charge >= 0.3 is 0 Å². The van der Waals surface area contributed by atoms with Crippen LogP contribution >= 0.6 is 0 Å². The number of piperazine rings is 1. The summed E-state index contributed by atoms with van der Waals surface area (Å²) in [4.78, 5) is 31.0. The Bertz CT molecular complexity index is 778. The summed E-state index contributed by atoms with van der Waals surface area (Å²) in [6.45, 7) is 4.64. The number of hydrogen-bond donors (Lipinski definition) is 0. The molecule has 6 nitrogen and oxygen atoms in total. The van der Waals surface area contributed by atoms with E-state index in [4.69, 9.17) is 4.74 Å². The number of hydrogen-bond acceptors (Lipinski definition) is 5. The zero-order chi connectivity index (χ0) is 20.4. The van der Waals surface area contributed by atoms with E-state index in [9.17, 15) is 14.0 Å². The minimum Gasteiger partial charge on any atom is -0.495 e. The summed E-state index contributed by atoms with van der Waals surface area (Å²) < 4.78 is 19.0. The van der Waals surface area contributed by atoms with Gasteiger partial charge in [0.15, 0.2) is 0 Å². The molecular weight excluding hydrogens is 373 g/mol. The Balaban J connectivity index is 1.25. The van der Waals surface area contributed by atoms with Gasteiger partial charge in [0, 0.05) is 38.8 Å². The molecule has 0 aromatic heterocycles. The fourth-order valence-corrected chi connectivity index (χ4v) is 4.66. The van der Waals surface area contributed by atoms with Crippen LogP contribution < -0.4 is 9.64 Å². The number of carbonyl (C=O) groups is 2. The Hall–Kier alpha value is -2.41. The Morgan fingerprint density at radius 1 is 1.00 bits per heavy atom. The molecule has 0 spiro atoms. The number of ether oxygens (including phenoxy) is 1. The lowest BCUT2D eigenvalue weighted by Crippen LogP contribution is -2.47. The zero-order valence-corrected chi connectivity index (χ0v) is 16.8. The molecule has 1 aliphatic carbocycles. The summed E-state index contributed by atoms with van der Waals surface area (Å²) in [7, 11) is 1.60. The molecule has 1 aromatic carbocycles. The fraction of sp³-hybridized carbons (Fsp3) is 0.545. The lowest BCUT2D eigenvalue weighted by atomic mass is 9.85. The molecule has 2 fully saturated rings. The van der Waals surface area contributed by atoms with E-state index in [0.29, 0.717) is 25.1 Å². The zero-order valence-electron chi connectivity index (χ0n) is 16.8. The quantitative estimate of drug-likeness (QED) is 0.541. The van der Waals surface area contributed by atoms with Gasteiger partial charge in [-0.3, -0.25) is 19.4 Å². The number of fused-ring (bicyclic) bond motifs is 1. The number of likely N-dealkylation sites (tertiary alicyclic amines) is 1. The number of nitrogens with zero attached hydrogens (tertiary/aromatic N) is 3. The minimum absolute atomic E-state index is 0.00682. The maximum atomic E-state index is 13.6. The van der Waals surface area contributed by atoms with E-state index in [1.54, 1.807) is 13.2 Å². The maximum absolute atomic E-state index is 13.6. The highest BCUT2D eigenvalue weighted by Crippen LogP contribution is 2.35. The van der Waals surface area contributed by atoms with Crippen molar-refractivity contribution in [1.29, 1.82) is 0 Å². The topological polar surface area (TPSA) is 53.1 Å². The average Bonchev–Trinajstić information content (AvgIpc) is 2.99. The van der Waals surface area contributed by atoms with Gasteiger partial charge < -0.3 is 9.64 Å². The van der Waals surface area contributed by atoms with E-state index in [1.807, 2.05) is 12.2 Å². The van der Waals surface area contributed by atoms with Crippen molar-refractivity contribution in [1.82, 2.24) is 9.80 Å². The van der Waals surface area contributed by atoms with E-state index in [1.165, 1.54) is 17.0 Å². The molecule has 2 heterocycles. The van der Waals surface area contributed by atoms with E-state index < -0.39 is 0 Å². The van der Waals surface area contributed by atoms with Gasteiger partial charge in [0.05, 0.1) is 24.6 Å². The molecule has 0 bridgehead atoms. The van der Waals surface area contributed by atoms with Crippen LogP contribution in [0.25, 0.3) is 0 Å². The molecule has 29 heavy (non-hydrogen) atoms. The van der Waals surface area contributed by atoms with Crippen LogP contribution in [0, 0.1) is 17.7 Å². The van der Waals surface area contributed by atoms with Crippen molar-refractivity contribution in [3.8, 4) is 5.75 Å². The molecule has 2 saturated heterocycles. The second-order valence-electron chi connectivity index (χ2n) is 7.98. The lowest BCUT2D eigenvalue weighted by Gasteiger charge is -2.36. The van der Waals surface area contributed by atoms with Gasteiger partial charge in [0.25, 0.3) is 0 Å². The summed E-state index contributed by atoms with van der Waals surface area (Å²) >= 11 is 0. The Kier molecular flexibility index (Phi) is 5.85. The van der Waals surface area contributed by atoms with Crippen molar-refractivity contribution in [2.24, 2.45) is 11.8 Å². The van der Waals surface area contributed by atoms with Crippen LogP contribution in [0.4, 0.5) is 10.1 Å². The predicted molar refractivity (Wildman–Crippen MR) is 108 cm³/mol. The van der Waals surface area contributed by atoms with Gasteiger partial charge in [0.1, 0.15) is 11.6 Å². The van der Waals surface area contributed by atoms with Crippen LogP contribution in [0.2, 0.25) is 0 Å². The molecule has 7 heteroatoms. The van der Waals surface area contributed by atoms with Crippen molar-refractivity contribution in [2.75, 3.05) is 51.3 Å². The molecule has 2 unspecified atom stereocenters. The molecule has 2 aliphatic heterocycles. The number of benzene rings is 1. The fourth-order valence-electron chi connectivity index (χ4n) is 4.66. The Labute approximate surface area is 170 Å². The predicted octanol–water partition coefficient (Wildman–Crippen LogP) is 2.30. The van der Waals surface area contributed by atoms with E-state index in [2.05, 4.69) is 9.80 Å². The molecule has 0 saturated carbocycles. The Morgan fingerprint density at radius 2 is 1.66 bits per heavy atom. The van der Waals surface area contributed by atoms with Crippen LogP contribution in [-0.4, -0.2) is 68.0 Å². The largest absolute Gasteiger partial charge is 0.495 e. The van der Waals surface area contributed by atoms with E-state index in [0.717, 1.165) is 44.8 Å². The van der Waals surface area contributed by atoms with E-state index in [-0.39, 0.29) is 29.5 Å². The van der Waals surface area contributed by atoms with Crippen LogP contribution in [-0.2, 0) is 9.59 Å². The maximum Gasteiger partial charge on any atom is 0.233 e. The van der Waals surface area contributed by atoms with Gasteiger partial charge in [-0.05, 0) is 37.9 Å². The number of rotatable bonds is 6. The van der Waals surface area contributed by atoms with Gasteiger partial charge in [-0.15, -0.1) is 0 Å². The van der Waals surface area contributed by atoms with Crippen molar-refractivity contribution in [2.45, 2.75) is 19.3 Å². The van der Waals surface area contributed by atoms with Gasteiger partial charge in [0.2, 0.25) is 11.8 Å². The number of allylic oxidation sites excluding steroid dienone is 2. The smallest absolute Gasteiger partial charge is 0.233 e. The molecule has 1 aromatic rings. The van der Waals surface area contributed by atoms with Gasteiger partial charge in [-0.2, -0.15) is 0 Å². The second kappa shape index (κ2) is 8.53. The Morgan fingerprint density at radius 3 is 2.28 bits per heavy atom. The number of amides is 2. The average molecular weight is 401 g/mol. The molecule has 4 rings (SSSR count). The van der Waals surface area contributed by atoms with Crippen molar-refractivity contribution < 1.29 is 18.7 Å². The molecule has 2 atom stereocenters. The number of halogens is 1. The highest BCUT2D eigenvalue weighted by atomic mass is 19.1. The normalized spacial score (nSPS) is 24.9. The molecule has 0 N–H and O–H groups in total.